The van der Waals surface area contributed by atoms with Gasteiger partial charge in [0.2, 0.25) is 0 Å². The van der Waals surface area contributed by atoms with E-state index in [4.69, 9.17) is 15.0 Å². The zero-order chi connectivity index (χ0) is 15.8. The molecule has 0 aliphatic carbocycles. The van der Waals surface area contributed by atoms with E-state index in [0.717, 1.165) is 22.3 Å². The van der Waals surface area contributed by atoms with Crippen LogP contribution in [-0.4, -0.2) is 24.1 Å². The van der Waals surface area contributed by atoms with Crippen LogP contribution in [0.5, 0.6) is 0 Å². The number of nitrogens with two attached hydrogens (primary N) is 1. The van der Waals surface area contributed by atoms with Crippen molar-refractivity contribution < 1.29 is 9.31 Å². The summed E-state index contributed by atoms with van der Waals surface area (Å²) in [6.07, 6.45) is 2.07. The summed E-state index contributed by atoms with van der Waals surface area (Å²) in [5, 5.41) is 0. The summed E-state index contributed by atoms with van der Waals surface area (Å²) in [6.45, 7) is 10.2. The molecule has 1 aliphatic rings. The second kappa shape index (κ2) is 5.71. The molecular weight excluding hydrogens is 281 g/mol. The maximum absolute atomic E-state index is 6.09. The van der Waals surface area contributed by atoms with E-state index in [0.29, 0.717) is 5.75 Å². The molecule has 1 heterocycles. The lowest BCUT2D eigenvalue weighted by atomic mass is 9.78. The third-order valence-electron chi connectivity index (χ3n) is 4.50. The Kier molecular flexibility index (Phi) is 4.48. The standard InChI is InChI=1S/C16H24BNO2S/c1-11-12(7-6-8-14(11)18)9-13(10-21)17-19-15(2,3)16(4,5)20-17/h6-9,21H,10,18H2,1-5H3. The van der Waals surface area contributed by atoms with Crippen molar-refractivity contribution in [2.24, 2.45) is 0 Å². The second-order valence-electron chi connectivity index (χ2n) is 6.53. The van der Waals surface area contributed by atoms with Gasteiger partial charge in [-0.15, -0.1) is 0 Å². The Morgan fingerprint density at radius 2 is 1.81 bits per heavy atom. The first-order chi connectivity index (χ1) is 9.68. The van der Waals surface area contributed by atoms with Gasteiger partial charge in [0.05, 0.1) is 11.2 Å². The predicted octanol–water partition coefficient (Wildman–Crippen LogP) is 3.52. The fourth-order valence-electron chi connectivity index (χ4n) is 2.21. The molecule has 0 aromatic heterocycles. The SMILES string of the molecule is Cc1c(N)cccc1C=C(CS)B1OC(C)(C)C(C)(C)O1. The highest BCUT2D eigenvalue weighted by atomic mass is 32.1. The number of thiol groups is 1. The monoisotopic (exact) mass is 305 g/mol. The molecule has 3 nitrogen and oxygen atoms in total. The molecule has 0 atom stereocenters. The third-order valence-corrected chi connectivity index (χ3v) is 4.86. The molecule has 1 aromatic rings. The third kappa shape index (κ3) is 3.15. The van der Waals surface area contributed by atoms with Crippen LogP contribution in [0.2, 0.25) is 0 Å². The van der Waals surface area contributed by atoms with Crippen molar-refractivity contribution in [3.8, 4) is 0 Å². The highest BCUT2D eigenvalue weighted by Gasteiger charge is 2.52. The molecule has 2 rings (SSSR count). The second-order valence-corrected chi connectivity index (χ2v) is 6.84. The van der Waals surface area contributed by atoms with Gasteiger partial charge in [0.1, 0.15) is 0 Å². The lowest BCUT2D eigenvalue weighted by Gasteiger charge is -2.32. The quantitative estimate of drug-likeness (QED) is 0.510. The van der Waals surface area contributed by atoms with Crippen molar-refractivity contribution in [2.75, 3.05) is 11.5 Å². The van der Waals surface area contributed by atoms with Crippen LogP contribution in [0.25, 0.3) is 6.08 Å². The van der Waals surface area contributed by atoms with Gasteiger partial charge in [0.25, 0.3) is 0 Å². The van der Waals surface area contributed by atoms with Gasteiger partial charge in [0.15, 0.2) is 0 Å². The summed E-state index contributed by atoms with van der Waals surface area (Å²) in [4.78, 5) is 0. The van der Waals surface area contributed by atoms with E-state index in [1.165, 1.54) is 0 Å². The van der Waals surface area contributed by atoms with E-state index in [9.17, 15) is 0 Å². The number of anilines is 1. The first kappa shape index (κ1) is 16.5. The Labute approximate surface area is 133 Å². The smallest absolute Gasteiger partial charge is 0.400 e. The maximum Gasteiger partial charge on any atom is 0.491 e. The summed E-state index contributed by atoms with van der Waals surface area (Å²) in [7, 11) is -0.367. The molecule has 114 valence electrons. The Morgan fingerprint density at radius 1 is 1.24 bits per heavy atom. The predicted molar refractivity (Wildman–Crippen MR) is 93.5 cm³/mol. The van der Waals surface area contributed by atoms with Gasteiger partial charge in [0, 0.05) is 11.4 Å². The maximum atomic E-state index is 6.09. The van der Waals surface area contributed by atoms with E-state index in [1.54, 1.807) is 0 Å². The van der Waals surface area contributed by atoms with Crippen LogP contribution in [0.3, 0.4) is 0 Å². The minimum absolute atomic E-state index is 0.343. The molecule has 0 saturated carbocycles. The van der Waals surface area contributed by atoms with Crippen LogP contribution in [0.4, 0.5) is 5.69 Å². The van der Waals surface area contributed by atoms with E-state index in [2.05, 4.69) is 46.4 Å². The van der Waals surface area contributed by atoms with E-state index < -0.39 is 0 Å². The Morgan fingerprint density at radius 3 is 2.33 bits per heavy atom. The van der Waals surface area contributed by atoms with Crippen LogP contribution < -0.4 is 5.73 Å². The lowest BCUT2D eigenvalue weighted by Crippen LogP contribution is -2.41. The molecule has 21 heavy (non-hydrogen) atoms. The summed E-state index contributed by atoms with van der Waals surface area (Å²) in [5.74, 6) is 0.574. The Bertz CT molecular complexity index is 553. The minimum atomic E-state index is -0.367. The number of rotatable bonds is 3. The van der Waals surface area contributed by atoms with Crippen molar-refractivity contribution in [3.63, 3.8) is 0 Å². The van der Waals surface area contributed by atoms with E-state index >= 15 is 0 Å². The molecule has 0 bridgehead atoms. The normalized spacial score (nSPS) is 20.9. The number of nitrogen functional groups attached to an aromatic ring is 1. The van der Waals surface area contributed by atoms with Crippen molar-refractivity contribution >= 4 is 31.5 Å². The largest absolute Gasteiger partial charge is 0.491 e. The Hall–Kier alpha value is -0.905. The van der Waals surface area contributed by atoms with Crippen molar-refractivity contribution in [2.45, 2.75) is 45.8 Å². The molecule has 5 heteroatoms. The summed E-state index contributed by atoms with van der Waals surface area (Å²) in [5.41, 5.74) is 9.22. The van der Waals surface area contributed by atoms with Gasteiger partial charge in [-0.2, -0.15) is 12.6 Å². The summed E-state index contributed by atoms with van der Waals surface area (Å²) in [6, 6.07) is 5.90. The van der Waals surface area contributed by atoms with Crippen molar-refractivity contribution in [1.82, 2.24) is 0 Å². The molecule has 0 spiro atoms. The van der Waals surface area contributed by atoms with Gasteiger partial charge in [-0.25, -0.2) is 0 Å². The van der Waals surface area contributed by atoms with Gasteiger partial charge in [-0.1, -0.05) is 18.2 Å². The molecule has 0 unspecified atom stereocenters. The van der Waals surface area contributed by atoms with Crippen molar-refractivity contribution in [3.05, 3.63) is 34.8 Å². The number of hydrogen-bond acceptors (Lipinski definition) is 4. The first-order valence-corrected chi connectivity index (χ1v) is 7.83. The average molecular weight is 305 g/mol. The fraction of sp³-hybridized carbons (Fsp3) is 0.500. The minimum Gasteiger partial charge on any atom is -0.400 e. The van der Waals surface area contributed by atoms with Gasteiger partial charge in [-0.3, -0.25) is 0 Å². The Balaban J connectivity index is 2.33. The molecule has 1 aliphatic heterocycles. The zero-order valence-electron chi connectivity index (χ0n) is 13.4. The summed E-state index contributed by atoms with van der Waals surface area (Å²) < 4.78 is 12.2. The molecule has 2 N–H and O–H groups in total. The average Bonchev–Trinajstić information content (AvgIpc) is 2.60. The van der Waals surface area contributed by atoms with E-state index in [1.807, 2.05) is 25.1 Å². The zero-order valence-corrected chi connectivity index (χ0v) is 14.3. The molecular formula is C16H24BNO2S. The number of benzene rings is 1. The lowest BCUT2D eigenvalue weighted by molar-refractivity contribution is 0.00578. The topological polar surface area (TPSA) is 44.5 Å². The molecule has 0 radical (unpaired) electrons. The van der Waals surface area contributed by atoms with Gasteiger partial charge < -0.3 is 15.0 Å². The highest BCUT2D eigenvalue weighted by Crippen LogP contribution is 2.39. The van der Waals surface area contributed by atoms with Gasteiger partial charge in [-0.05, 0) is 57.3 Å². The molecule has 0 amide bonds. The number of hydrogen-bond donors (Lipinski definition) is 2. The van der Waals surface area contributed by atoms with Gasteiger partial charge >= 0.3 is 7.12 Å². The highest BCUT2D eigenvalue weighted by molar-refractivity contribution is 7.80. The van der Waals surface area contributed by atoms with E-state index in [-0.39, 0.29) is 18.3 Å². The van der Waals surface area contributed by atoms with Crippen molar-refractivity contribution in [1.29, 1.82) is 0 Å². The van der Waals surface area contributed by atoms with Crippen LogP contribution >= 0.6 is 12.6 Å². The molecule has 1 aromatic carbocycles. The van der Waals surface area contributed by atoms with Crippen LogP contribution in [0.15, 0.2) is 23.7 Å². The van der Waals surface area contributed by atoms with Crippen LogP contribution in [-0.2, 0) is 9.31 Å². The molecule has 1 saturated heterocycles. The fourth-order valence-corrected chi connectivity index (χ4v) is 2.45. The molecule has 1 fully saturated rings. The van der Waals surface area contributed by atoms with Crippen LogP contribution in [0.1, 0.15) is 38.8 Å². The first-order valence-electron chi connectivity index (χ1n) is 7.20. The van der Waals surface area contributed by atoms with Crippen LogP contribution in [0, 0.1) is 6.92 Å². The summed E-state index contributed by atoms with van der Waals surface area (Å²) >= 11 is 4.44.